The lowest BCUT2D eigenvalue weighted by atomic mass is 9.39. The predicted octanol–water partition coefficient (Wildman–Crippen LogP) is 7.07. The van der Waals surface area contributed by atoms with Gasteiger partial charge in [-0.2, -0.15) is 0 Å². The average Bonchev–Trinajstić information content (AvgIpc) is 2.91. The minimum Gasteiger partial charge on any atom is -0.497 e. The number of benzene rings is 2. The fourth-order valence-electron chi connectivity index (χ4n) is 9.55. The van der Waals surface area contributed by atoms with Gasteiger partial charge in [-0.3, -0.25) is 9.59 Å². The molecule has 234 valence electrons. The lowest BCUT2D eigenvalue weighted by molar-refractivity contribution is -0.158. The van der Waals surface area contributed by atoms with E-state index in [9.17, 15) is 9.59 Å². The van der Waals surface area contributed by atoms with E-state index in [1.54, 1.807) is 7.11 Å². The Morgan fingerprint density at radius 3 is 2.37 bits per heavy atom. The Labute approximate surface area is 258 Å². The van der Waals surface area contributed by atoms with Crippen LogP contribution in [0.2, 0.25) is 0 Å². The molecule has 4 fully saturated rings. The zero-order valence-electron chi connectivity index (χ0n) is 27.0. The molecule has 0 amide bonds. The Bertz CT molecular complexity index is 1270. The summed E-state index contributed by atoms with van der Waals surface area (Å²) in [7, 11) is 5.60. The molecule has 6 rings (SSSR count). The third-order valence-electron chi connectivity index (χ3n) is 10.0. The molecule has 6 nitrogen and oxygen atoms in total. The normalized spacial score (nSPS) is 28.1. The van der Waals surface area contributed by atoms with E-state index in [1.807, 2.05) is 49.3 Å². The number of carbonyl (C=O) groups excluding carboxylic acids is 2. The van der Waals surface area contributed by atoms with E-state index in [4.69, 9.17) is 14.2 Å². The van der Waals surface area contributed by atoms with Gasteiger partial charge in [-0.25, -0.2) is 0 Å². The number of Topliss-reactive ketones (excluding diaryl/α,β-unsaturated/α-hetero) is 1. The maximum absolute atomic E-state index is 13.2. The van der Waals surface area contributed by atoms with Crippen molar-refractivity contribution in [2.24, 2.45) is 22.2 Å². The molecule has 4 saturated carbocycles. The van der Waals surface area contributed by atoms with Crippen LogP contribution in [0.4, 0.5) is 0 Å². The second-order valence-corrected chi connectivity index (χ2v) is 15.0. The van der Waals surface area contributed by atoms with Crippen LogP contribution in [0.1, 0.15) is 82.8 Å². The highest BCUT2D eigenvalue weighted by Crippen LogP contribution is 2.70. The Morgan fingerprint density at radius 2 is 1.67 bits per heavy atom. The Hall–Kier alpha value is -2.86. The second kappa shape index (κ2) is 13.0. The molecular formula is C37H51NO5. The van der Waals surface area contributed by atoms with Crippen molar-refractivity contribution in [2.75, 3.05) is 34.4 Å². The number of carbonyl (C=O) groups is 2. The zero-order chi connectivity index (χ0) is 30.7. The summed E-state index contributed by atoms with van der Waals surface area (Å²) < 4.78 is 17.5. The first kappa shape index (κ1) is 31.6. The van der Waals surface area contributed by atoms with Crippen molar-refractivity contribution in [3.05, 3.63) is 59.7 Å². The third kappa shape index (κ3) is 8.20. The van der Waals surface area contributed by atoms with Gasteiger partial charge in [-0.1, -0.05) is 44.2 Å². The van der Waals surface area contributed by atoms with Gasteiger partial charge in [-0.05, 0) is 117 Å². The van der Waals surface area contributed by atoms with E-state index in [1.165, 1.54) is 44.1 Å². The number of nitrogens with zero attached hydrogens (tertiary/aromatic N) is 1. The summed E-state index contributed by atoms with van der Waals surface area (Å²) in [6.07, 6.45) is 9.78. The minimum absolute atomic E-state index is 0.133. The van der Waals surface area contributed by atoms with Crippen LogP contribution in [0.25, 0.3) is 0 Å². The van der Waals surface area contributed by atoms with E-state index in [0.29, 0.717) is 23.8 Å². The first-order valence-corrected chi connectivity index (χ1v) is 16.2. The molecule has 0 radical (unpaired) electrons. The molecule has 4 aliphatic carbocycles. The summed E-state index contributed by atoms with van der Waals surface area (Å²) in [6, 6.07) is 16.2. The first-order valence-electron chi connectivity index (χ1n) is 16.2. The summed E-state index contributed by atoms with van der Waals surface area (Å²) in [5.41, 5.74) is 3.24. The Balaban J connectivity index is 1.12. The number of para-hydroxylation sites is 1. The van der Waals surface area contributed by atoms with Crippen molar-refractivity contribution in [2.45, 2.75) is 90.6 Å². The van der Waals surface area contributed by atoms with Crippen molar-refractivity contribution >= 4 is 11.8 Å². The van der Waals surface area contributed by atoms with Gasteiger partial charge in [0.25, 0.3) is 0 Å². The van der Waals surface area contributed by atoms with Crippen LogP contribution in [0.5, 0.6) is 11.5 Å². The van der Waals surface area contributed by atoms with E-state index in [2.05, 4.69) is 32.0 Å². The molecule has 4 bridgehead atoms. The number of likely N-dealkylation sites (N-methyl/N-ethyl adjacent to an activating group) is 1. The number of ether oxygens (including phenoxy) is 3. The van der Waals surface area contributed by atoms with Crippen LogP contribution in [0.15, 0.2) is 48.5 Å². The average molecular weight is 590 g/mol. The van der Waals surface area contributed by atoms with Gasteiger partial charge in [0.05, 0.1) is 13.5 Å². The van der Waals surface area contributed by atoms with Crippen molar-refractivity contribution in [1.29, 1.82) is 0 Å². The molecule has 0 heterocycles. The number of methoxy groups -OCH3 is 1. The van der Waals surface area contributed by atoms with Crippen molar-refractivity contribution in [3.63, 3.8) is 0 Å². The van der Waals surface area contributed by atoms with Crippen molar-refractivity contribution in [3.8, 4) is 11.5 Å². The fraction of sp³-hybridized carbons (Fsp3) is 0.622. The first-order chi connectivity index (χ1) is 20.5. The molecular weight excluding hydrogens is 538 g/mol. The minimum atomic E-state index is -0.424. The highest BCUT2D eigenvalue weighted by molar-refractivity contribution is 5.83. The zero-order valence-corrected chi connectivity index (χ0v) is 27.0. The monoisotopic (exact) mass is 589 g/mol. The van der Waals surface area contributed by atoms with E-state index in [0.717, 1.165) is 35.8 Å². The van der Waals surface area contributed by atoms with Gasteiger partial charge in [-0.15, -0.1) is 0 Å². The summed E-state index contributed by atoms with van der Waals surface area (Å²) in [6.45, 7) is 5.69. The van der Waals surface area contributed by atoms with E-state index < -0.39 is 6.10 Å². The van der Waals surface area contributed by atoms with E-state index >= 15 is 0 Å². The standard InChI is InChI=1S/C37H51NO5/c1-35-18-28-19-36(2,24-35)26-37(20-28,25-35)21-30(39)15-16-34(40)43-32(22-38(3)4)23-42-33-12-7-6-10-29(33)14-13-27-9-8-11-31(17-27)41-5/h6-12,17,28,32H,13-16,18-26H2,1-5H3/t28?,32-,35?,36?,37?/m1/s1. The van der Waals surface area contributed by atoms with Crippen LogP contribution in [-0.4, -0.2) is 57.1 Å². The molecule has 2 aromatic carbocycles. The van der Waals surface area contributed by atoms with Gasteiger partial charge in [0.15, 0.2) is 0 Å². The number of hydrogen-bond donors (Lipinski definition) is 0. The van der Waals surface area contributed by atoms with E-state index in [-0.39, 0.29) is 36.6 Å². The summed E-state index contributed by atoms with van der Waals surface area (Å²) >= 11 is 0. The van der Waals surface area contributed by atoms with Crippen molar-refractivity contribution < 1.29 is 23.8 Å². The molecule has 4 aliphatic rings. The quantitative estimate of drug-likeness (QED) is 0.207. The number of hydrogen-bond acceptors (Lipinski definition) is 6. The lowest BCUT2D eigenvalue weighted by Crippen LogP contribution is -2.55. The fourth-order valence-corrected chi connectivity index (χ4v) is 9.55. The highest BCUT2D eigenvalue weighted by atomic mass is 16.6. The SMILES string of the molecule is COc1cccc(CCc2ccccc2OC[C@@H](CN(C)C)OC(=O)CCC(=O)CC23CC4CC(C)(CC(C)(C4)C2)C3)c1. The predicted molar refractivity (Wildman–Crippen MR) is 169 cm³/mol. The van der Waals surface area contributed by atoms with Gasteiger partial charge >= 0.3 is 5.97 Å². The van der Waals surface area contributed by atoms with Crippen molar-refractivity contribution in [1.82, 2.24) is 4.90 Å². The summed E-state index contributed by atoms with van der Waals surface area (Å²) in [5, 5.41) is 0. The molecule has 0 spiro atoms. The summed E-state index contributed by atoms with van der Waals surface area (Å²) in [4.78, 5) is 28.1. The van der Waals surface area contributed by atoms with Gasteiger partial charge < -0.3 is 19.1 Å². The molecule has 2 unspecified atom stereocenters. The highest BCUT2D eigenvalue weighted by Gasteiger charge is 2.60. The van der Waals surface area contributed by atoms with Gasteiger partial charge in [0.1, 0.15) is 30.0 Å². The van der Waals surface area contributed by atoms with Gasteiger partial charge in [0, 0.05) is 19.4 Å². The maximum atomic E-state index is 13.2. The molecule has 6 heteroatoms. The molecule has 0 saturated heterocycles. The smallest absolute Gasteiger partial charge is 0.306 e. The molecule has 0 N–H and O–H groups in total. The lowest BCUT2D eigenvalue weighted by Gasteiger charge is -2.65. The molecule has 0 aromatic heterocycles. The molecule has 43 heavy (non-hydrogen) atoms. The number of ketones is 1. The van der Waals surface area contributed by atoms with Crippen LogP contribution < -0.4 is 9.47 Å². The molecule has 3 atom stereocenters. The Morgan fingerprint density at radius 1 is 0.930 bits per heavy atom. The third-order valence-corrected chi connectivity index (χ3v) is 10.0. The summed E-state index contributed by atoms with van der Waals surface area (Å²) in [5.74, 6) is 2.32. The number of aryl methyl sites for hydroxylation is 2. The van der Waals surface area contributed by atoms with Crippen LogP contribution >= 0.6 is 0 Å². The van der Waals surface area contributed by atoms with Crippen LogP contribution in [0, 0.1) is 22.2 Å². The Kier molecular flexibility index (Phi) is 9.55. The topological polar surface area (TPSA) is 65.1 Å². The van der Waals surface area contributed by atoms with Crippen LogP contribution in [0.3, 0.4) is 0 Å². The maximum Gasteiger partial charge on any atom is 0.306 e. The van der Waals surface area contributed by atoms with Gasteiger partial charge in [0.2, 0.25) is 0 Å². The molecule has 0 aliphatic heterocycles. The number of rotatable bonds is 15. The number of esters is 1. The second-order valence-electron chi connectivity index (χ2n) is 15.0. The molecule has 2 aromatic rings. The van der Waals surface area contributed by atoms with Crippen LogP contribution in [-0.2, 0) is 27.2 Å². The largest absolute Gasteiger partial charge is 0.497 e.